The third kappa shape index (κ3) is 4.96. The summed E-state index contributed by atoms with van der Waals surface area (Å²) in [6.45, 7) is 0.208. The third-order valence-electron chi connectivity index (χ3n) is 2.74. The van der Waals surface area contributed by atoms with Crippen LogP contribution in [0.4, 0.5) is 0 Å². The molecular formula is C15H11Cl4NO2. The highest BCUT2D eigenvalue weighted by atomic mass is 35.5. The van der Waals surface area contributed by atoms with Gasteiger partial charge in [0.15, 0.2) is 6.61 Å². The molecule has 7 heteroatoms. The molecule has 2 rings (SSSR count). The van der Waals surface area contributed by atoms with Crippen LogP contribution in [-0.4, -0.2) is 12.5 Å². The number of rotatable bonds is 5. The maximum Gasteiger partial charge on any atom is 0.258 e. The molecule has 0 fully saturated rings. The van der Waals surface area contributed by atoms with Crippen molar-refractivity contribution in [3.8, 4) is 5.75 Å². The Morgan fingerprint density at radius 3 is 2.27 bits per heavy atom. The molecule has 0 saturated heterocycles. The standard InChI is InChI=1S/C15H11Cl4NO2/c16-10-3-1-9(2-4-10)7-20-15(21)8-22-14-6-12(18)11(17)5-13(14)19/h1-6H,7-8H2,(H,20,21). The van der Waals surface area contributed by atoms with Gasteiger partial charge >= 0.3 is 0 Å². The van der Waals surface area contributed by atoms with Crippen molar-refractivity contribution in [2.75, 3.05) is 6.61 Å². The minimum atomic E-state index is -0.280. The van der Waals surface area contributed by atoms with Crippen molar-refractivity contribution >= 4 is 52.3 Å². The molecule has 1 N–H and O–H groups in total. The number of hydrogen-bond donors (Lipinski definition) is 1. The molecule has 0 unspecified atom stereocenters. The van der Waals surface area contributed by atoms with Crippen molar-refractivity contribution in [3.63, 3.8) is 0 Å². The van der Waals surface area contributed by atoms with Gasteiger partial charge in [-0.05, 0) is 23.8 Å². The molecule has 0 bridgehead atoms. The quantitative estimate of drug-likeness (QED) is 0.743. The van der Waals surface area contributed by atoms with Crippen molar-refractivity contribution in [1.82, 2.24) is 5.32 Å². The zero-order valence-electron chi connectivity index (χ0n) is 11.2. The van der Waals surface area contributed by atoms with Crippen LogP contribution >= 0.6 is 46.4 Å². The van der Waals surface area contributed by atoms with E-state index in [1.54, 1.807) is 12.1 Å². The first kappa shape index (κ1) is 17.2. The molecule has 3 nitrogen and oxygen atoms in total. The first-order chi connectivity index (χ1) is 10.5. The average Bonchev–Trinajstić information content (AvgIpc) is 2.49. The monoisotopic (exact) mass is 377 g/mol. The normalized spacial score (nSPS) is 10.4. The Kier molecular flexibility index (Phi) is 6.21. The zero-order chi connectivity index (χ0) is 16.1. The van der Waals surface area contributed by atoms with E-state index in [1.165, 1.54) is 12.1 Å². The van der Waals surface area contributed by atoms with Gasteiger partial charge in [0.2, 0.25) is 0 Å². The van der Waals surface area contributed by atoms with Crippen LogP contribution in [0.25, 0.3) is 0 Å². The number of halogens is 4. The number of carbonyl (C=O) groups excluding carboxylic acids is 1. The first-order valence-corrected chi connectivity index (χ1v) is 7.75. The summed E-state index contributed by atoms with van der Waals surface area (Å²) in [6.07, 6.45) is 0. The molecule has 0 spiro atoms. The summed E-state index contributed by atoms with van der Waals surface area (Å²) in [5.41, 5.74) is 0.935. The fourth-order valence-electron chi connectivity index (χ4n) is 1.61. The van der Waals surface area contributed by atoms with Crippen molar-refractivity contribution in [2.24, 2.45) is 0 Å². The van der Waals surface area contributed by atoms with Gasteiger partial charge in [0.05, 0.1) is 15.1 Å². The van der Waals surface area contributed by atoms with Gasteiger partial charge in [0.1, 0.15) is 5.75 Å². The lowest BCUT2D eigenvalue weighted by molar-refractivity contribution is -0.123. The van der Waals surface area contributed by atoms with E-state index >= 15 is 0 Å². The highest BCUT2D eigenvalue weighted by Crippen LogP contribution is 2.33. The largest absolute Gasteiger partial charge is 0.482 e. The second-order valence-corrected chi connectivity index (χ2v) is 6.05. The predicted octanol–water partition coefficient (Wildman–Crippen LogP) is 5.00. The highest BCUT2D eigenvalue weighted by Gasteiger charge is 2.09. The van der Waals surface area contributed by atoms with Gasteiger partial charge in [0, 0.05) is 17.6 Å². The highest BCUT2D eigenvalue weighted by molar-refractivity contribution is 6.43. The summed E-state index contributed by atoms with van der Waals surface area (Å²) in [7, 11) is 0. The van der Waals surface area contributed by atoms with Gasteiger partial charge in [-0.2, -0.15) is 0 Å². The Hall–Kier alpha value is -1.13. The zero-order valence-corrected chi connectivity index (χ0v) is 14.2. The summed E-state index contributed by atoms with van der Waals surface area (Å²) >= 11 is 23.4. The molecule has 0 aromatic heterocycles. The Morgan fingerprint density at radius 1 is 0.955 bits per heavy atom. The van der Waals surface area contributed by atoms with E-state index in [-0.39, 0.29) is 12.5 Å². The minimum absolute atomic E-state index is 0.175. The lowest BCUT2D eigenvalue weighted by Crippen LogP contribution is -2.28. The van der Waals surface area contributed by atoms with Gasteiger partial charge in [-0.1, -0.05) is 58.5 Å². The SMILES string of the molecule is O=C(COc1cc(Cl)c(Cl)cc1Cl)NCc1ccc(Cl)cc1. The molecule has 116 valence electrons. The second kappa shape index (κ2) is 7.93. The van der Waals surface area contributed by atoms with Crippen LogP contribution in [0.1, 0.15) is 5.56 Å². The summed E-state index contributed by atoms with van der Waals surface area (Å²) in [6, 6.07) is 10.1. The van der Waals surface area contributed by atoms with E-state index < -0.39 is 0 Å². The van der Waals surface area contributed by atoms with E-state index in [9.17, 15) is 4.79 Å². The van der Waals surface area contributed by atoms with Crippen LogP contribution < -0.4 is 10.1 Å². The maximum atomic E-state index is 11.8. The molecule has 0 saturated carbocycles. The van der Waals surface area contributed by atoms with Crippen molar-refractivity contribution in [3.05, 3.63) is 62.1 Å². The second-order valence-electron chi connectivity index (χ2n) is 4.39. The van der Waals surface area contributed by atoms with Crippen molar-refractivity contribution in [1.29, 1.82) is 0 Å². The Labute approximate surface area is 148 Å². The average molecular weight is 379 g/mol. The van der Waals surface area contributed by atoms with E-state index in [2.05, 4.69) is 5.32 Å². The molecule has 0 aliphatic rings. The molecule has 0 radical (unpaired) electrons. The first-order valence-electron chi connectivity index (χ1n) is 6.24. The topological polar surface area (TPSA) is 38.3 Å². The van der Waals surface area contributed by atoms with Crippen molar-refractivity contribution < 1.29 is 9.53 Å². The van der Waals surface area contributed by atoms with Gasteiger partial charge < -0.3 is 10.1 Å². The number of carbonyl (C=O) groups is 1. The molecule has 0 atom stereocenters. The molecule has 22 heavy (non-hydrogen) atoms. The molecule has 2 aromatic rings. The van der Waals surface area contributed by atoms with Crippen LogP contribution in [0, 0.1) is 0 Å². The van der Waals surface area contributed by atoms with E-state index in [1.807, 2.05) is 12.1 Å². The van der Waals surface area contributed by atoms with Gasteiger partial charge in [-0.25, -0.2) is 0 Å². The van der Waals surface area contributed by atoms with E-state index in [0.717, 1.165) is 5.56 Å². The van der Waals surface area contributed by atoms with Crippen LogP contribution in [-0.2, 0) is 11.3 Å². The van der Waals surface area contributed by atoms with Gasteiger partial charge in [-0.3, -0.25) is 4.79 Å². The van der Waals surface area contributed by atoms with Gasteiger partial charge in [0.25, 0.3) is 5.91 Å². The maximum absolute atomic E-state index is 11.8. The van der Waals surface area contributed by atoms with E-state index in [4.69, 9.17) is 51.1 Å². The molecule has 1 amide bonds. The Bertz CT molecular complexity index is 674. The van der Waals surface area contributed by atoms with Crippen LogP contribution in [0.2, 0.25) is 20.1 Å². The van der Waals surface area contributed by atoms with Crippen molar-refractivity contribution in [2.45, 2.75) is 6.54 Å². The van der Waals surface area contributed by atoms with Gasteiger partial charge in [-0.15, -0.1) is 0 Å². The number of hydrogen-bond acceptors (Lipinski definition) is 2. The Balaban J connectivity index is 1.85. The Morgan fingerprint density at radius 2 is 1.59 bits per heavy atom. The predicted molar refractivity (Wildman–Crippen MR) is 90.3 cm³/mol. The molecule has 2 aromatic carbocycles. The van der Waals surface area contributed by atoms with Crippen LogP contribution in [0.15, 0.2) is 36.4 Å². The number of ether oxygens (including phenoxy) is 1. The summed E-state index contributed by atoms with van der Waals surface area (Å²) in [4.78, 5) is 11.8. The van der Waals surface area contributed by atoms with Crippen LogP contribution in [0.3, 0.4) is 0 Å². The minimum Gasteiger partial charge on any atom is -0.482 e. The smallest absolute Gasteiger partial charge is 0.258 e. The summed E-state index contributed by atoms with van der Waals surface area (Å²) in [5, 5.41) is 4.30. The lowest BCUT2D eigenvalue weighted by atomic mass is 10.2. The summed E-state index contributed by atoms with van der Waals surface area (Å²) < 4.78 is 5.33. The fraction of sp³-hybridized carbons (Fsp3) is 0.133. The fourth-order valence-corrected chi connectivity index (χ4v) is 2.33. The molecular weight excluding hydrogens is 368 g/mol. The summed E-state index contributed by atoms with van der Waals surface area (Å²) in [5.74, 6) is 0.0230. The van der Waals surface area contributed by atoms with Crippen LogP contribution in [0.5, 0.6) is 5.75 Å². The number of benzene rings is 2. The molecule has 0 aliphatic heterocycles. The third-order valence-corrected chi connectivity index (χ3v) is 4.01. The van der Waals surface area contributed by atoms with E-state index in [0.29, 0.717) is 32.4 Å². The number of amides is 1. The number of nitrogens with one attached hydrogen (secondary N) is 1. The molecule has 0 aliphatic carbocycles. The molecule has 0 heterocycles. The lowest BCUT2D eigenvalue weighted by Gasteiger charge is -2.10.